The summed E-state index contributed by atoms with van der Waals surface area (Å²) in [5.41, 5.74) is -4.02. The van der Waals surface area contributed by atoms with Gasteiger partial charge in [-0.2, -0.15) is 0 Å². The Hall–Kier alpha value is -1.64. The number of esters is 2. The van der Waals surface area contributed by atoms with Crippen molar-refractivity contribution in [1.29, 1.82) is 0 Å². The van der Waals surface area contributed by atoms with E-state index in [1.165, 1.54) is 14.2 Å². The van der Waals surface area contributed by atoms with Crippen molar-refractivity contribution in [3.8, 4) is 0 Å². The molecule has 0 aromatic rings. The molecule has 4 saturated carbocycles. The van der Waals surface area contributed by atoms with Crippen molar-refractivity contribution < 1.29 is 59.2 Å². The number of ether oxygens (including phenoxy) is 4. The van der Waals surface area contributed by atoms with E-state index in [4.69, 9.17) is 18.9 Å². The van der Waals surface area contributed by atoms with Gasteiger partial charge in [0.05, 0.1) is 42.4 Å². The van der Waals surface area contributed by atoms with Gasteiger partial charge in [0.15, 0.2) is 0 Å². The van der Waals surface area contributed by atoms with E-state index in [0.717, 1.165) is 12.0 Å². The van der Waals surface area contributed by atoms with Crippen LogP contribution in [0, 0.1) is 50.7 Å². The molecule has 0 radical (unpaired) electrons. The van der Waals surface area contributed by atoms with E-state index in [2.05, 4.69) is 26.8 Å². The lowest BCUT2D eigenvalue weighted by atomic mass is 9.33. The van der Waals surface area contributed by atoms with Crippen molar-refractivity contribution in [2.45, 2.75) is 141 Å². The Morgan fingerprint density at radius 3 is 2.20 bits per heavy atom. The maximum atomic E-state index is 14.6. The largest absolute Gasteiger partial charge is 0.469 e. The SMILES string of the molecule is COC[C@H]1O[C@@H](OC(=O)[C@]23CC[C@@H](C)[C@@](C)(O)[C@H]2C2=CC[C@@H]4[C@@]5(C)C[C@@H](O)[C@H](O)[C@@](C)(C(=O)OC)[C@@H]5CC[C@@]4(C)[C@]2(C)CC3)[C@H](O)[C@@H](O)[C@@H]1O. The van der Waals surface area contributed by atoms with Gasteiger partial charge >= 0.3 is 11.9 Å². The van der Waals surface area contributed by atoms with Gasteiger partial charge in [0.1, 0.15) is 24.4 Å². The molecule has 1 saturated heterocycles. The molecular weight excluding hydrogens is 648 g/mol. The first-order valence-corrected chi connectivity index (χ1v) is 18.5. The van der Waals surface area contributed by atoms with Crippen LogP contribution in [0.5, 0.6) is 0 Å². The summed E-state index contributed by atoms with van der Waals surface area (Å²) in [4.78, 5) is 27.9. The molecule has 6 N–H and O–H groups in total. The van der Waals surface area contributed by atoms with Crippen molar-refractivity contribution in [1.82, 2.24) is 0 Å². The molecule has 284 valence electrons. The number of fused-ring (bicyclic) bond motifs is 7. The van der Waals surface area contributed by atoms with E-state index in [9.17, 15) is 40.2 Å². The smallest absolute Gasteiger partial charge is 0.315 e. The number of hydrogen-bond donors (Lipinski definition) is 6. The van der Waals surface area contributed by atoms with E-state index < -0.39 is 88.0 Å². The van der Waals surface area contributed by atoms with E-state index in [1.54, 1.807) is 6.92 Å². The number of allylic oxidation sites excluding steroid dienone is 1. The quantitative estimate of drug-likeness (QED) is 0.181. The first-order valence-electron chi connectivity index (χ1n) is 18.5. The summed E-state index contributed by atoms with van der Waals surface area (Å²) >= 11 is 0. The molecular formula is C38H60O12. The summed E-state index contributed by atoms with van der Waals surface area (Å²) in [6.07, 6.45) is -3.06. The minimum Gasteiger partial charge on any atom is -0.469 e. The van der Waals surface area contributed by atoms with Gasteiger partial charge in [0.2, 0.25) is 6.29 Å². The molecule has 6 rings (SSSR count). The lowest BCUT2D eigenvalue weighted by molar-refractivity contribution is -0.300. The highest BCUT2D eigenvalue weighted by Crippen LogP contribution is 2.76. The van der Waals surface area contributed by atoms with Crippen LogP contribution in [0.1, 0.15) is 92.9 Å². The molecule has 50 heavy (non-hydrogen) atoms. The summed E-state index contributed by atoms with van der Waals surface area (Å²) in [6, 6.07) is 0. The average molecular weight is 709 g/mol. The van der Waals surface area contributed by atoms with E-state index in [1.807, 2.05) is 13.8 Å². The van der Waals surface area contributed by atoms with Crippen molar-refractivity contribution in [3.63, 3.8) is 0 Å². The van der Waals surface area contributed by atoms with E-state index in [0.29, 0.717) is 44.9 Å². The van der Waals surface area contributed by atoms with Crippen molar-refractivity contribution in [2.75, 3.05) is 20.8 Å². The minimum absolute atomic E-state index is 0.0236. The highest BCUT2D eigenvalue weighted by molar-refractivity contribution is 5.80. The zero-order valence-electron chi connectivity index (χ0n) is 30.9. The monoisotopic (exact) mass is 708 g/mol. The van der Waals surface area contributed by atoms with Crippen molar-refractivity contribution >= 4 is 11.9 Å². The Labute approximate surface area is 295 Å². The molecule has 0 spiro atoms. The maximum absolute atomic E-state index is 14.6. The molecule has 0 aromatic carbocycles. The molecule has 5 aliphatic carbocycles. The Kier molecular flexibility index (Phi) is 9.50. The fourth-order valence-corrected chi connectivity index (χ4v) is 12.7. The molecule has 5 fully saturated rings. The molecule has 0 bridgehead atoms. The fourth-order valence-electron chi connectivity index (χ4n) is 12.7. The lowest BCUT2D eigenvalue weighted by Crippen LogP contribution is -2.70. The Morgan fingerprint density at radius 1 is 0.880 bits per heavy atom. The van der Waals surface area contributed by atoms with Gasteiger partial charge in [-0.25, -0.2) is 0 Å². The van der Waals surface area contributed by atoms with Crippen LogP contribution in [0.15, 0.2) is 11.6 Å². The van der Waals surface area contributed by atoms with Crippen LogP contribution in [0.4, 0.5) is 0 Å². The van der Waals surface area contributed by atoms with Crippen LogP contribution in [0.2, 0.25) is 0 Å². The number of carbonyl (C=O) groups is 2. The topological polar surface area (TPSA) is 192 Å². The van der Waals surface area contributed by atoms with Crippen LogP contribution in [0.3, 0.4) is 0 Å². The molecule has 12 heteroatoms. The standard InChI is InChI=1S/C38H60O12/c1-19-11-14-38(32(45)50-30-27(42)26(41)25(40)22(49-30)18-47-7)16-15-34(3)20(28(38)37(19,6)46)9-10-23-33(2)17-21(39)29(43)36(5,31(44)48-8)24(33)12-13-35(23,34)4/h9,19,21-30,39-43,46H,10-18H2,1-8H3/t19-,21-,22-,23-,24-,25-,26+,27-,28-,29+,30+,33-,34-,35-,36+,37-,38+/m1/s1. The Morgan fingerprint density at radius 2 is 1.56 bits per heavy atom. The number of rotatable bonds is 5. The van der Waals surface area contributed by atoms with Crippen LogP contribution >= 0.6 is 0 Å². The van der Waals surface area contributed by atoms with Gasteiger partial charge < -0.3 is 49.6 Å². The summed E-state index contributed by atoms with van der Waals surface area (Å²) < 4.78 is 22.1. The molecule has 17 atom stereocenters. The van der Waals surface area contributed by atoms with E-state index >= 15 is 0 Å². The highest BCUT2D eigenvalue weighted by Gasteiger charge is 2.73. The summed E-state index contributed by atoms with van der Waals surface area (Å²) in [5.74, 6) is -2.08. The summed E-state index contributed by atoms with van der Waals surface area (Å²) in [5, 5.41) is 66.9. The molecule has 0 aromatic heterocycles. The minimum atomic E-state index is -1.68. The second-order valence-electron chi connectivity index (χ2n) is 17.9. The summed E-state index contributed by atoms with van der Waals surface area (Å²) in [6.45, 7) is 12.1. The van der Waals surface area contributed by atoms with Crippen LogP contribution < -0.4 is 0 Å². The first kappa shape index (κ1) is 38.1. The molecule has 1 aliphatic heterocycles. The lowest BCUT2D eigenvalue weighted by Gasteiger charge is -2.71. The number of aliphatic hydroxyl groups is 6. The van der Waals surface area contributed by atoms with Gasteiger partial charge in [-0.15, -0.1) is 0 Å². The molecule has 1 heterocycles. The van der Waals surface area contributed by atoms with Gasteiger partial charge in [-0.05, 0) is 99.2 Å². The summed E-state index contributed by atoms with van der Waals surface area (Å²) in [7, 11) is 2.73. The first-order chi connectivity index (χ1) is 23.2. The van der Waals surface area contributed by atoms with Crippen LogP contribution in [-0.4, -0.2) is 112 Å². The average Bonchev–Trinajstić information content (AvgIpc) is 3.06. The maximum Gasteiger partial charge on any atom is 0.315 e. The third-order valence-corrected chi connectivity index (χ3v) is 15.9. The van der Waals surface area contributed by atoms with Crippen LogP contribution in [-0.2, 0) is 28.5 Å². The Balaban J connectivity index is 1.40. The predicted molar refractivity (Wildman–Crippen MR) is 179 cm³/mol. The van der Waals surface area contributed by atoms with Gasteiger partial charge in [-0.1, -0.05) is 39.3 Å². The number of aliphatic hydroxyl groups excluding tert-OH is 5. The number of carbonyl (C=O) groups excluding carboxylic acids is 2. The van der Waals surface area contributed by atoms with Gasteiger partial charge in [0.25, 0.3) is 0 Å². The predicted octanol–water partition coefficient (Wildman–Crippen LogP) is 2.24. The second-order valence-corrected chi connectivity index (χ2v) is 17.9. The molecule has 12 nitrogen and oxygen atoms in total. The second kappa shape index (κ2) is 12.5. The van der Waals surface area contributed by atoms with Crippen molar-refractivity contribution in [2.24, 2.45) is 50.7 Å². The molecule has 0 unspecified atom stereocenters. The normalized spacial score (nSPS) is 54.6. The number of hydrogen-bond acceptors (Lipinski definition) is 12. The third-order valence-electron chi connectivity index (χ3n) is 15.9. The van der Waals surface area contributed by atoms with Gasteiger partial charge in [-0.3, -0.25) is 9.59 Å². The fraction of sp³-hybridized carbons (Fsp3) is 0.895. The molecule has 0 amide bonds. The van der Waals surface area contributed by atoms with Crippen LogP contribution in [0.25, 0.3) is 0 Å². The van der Waals surface area contributed by atoms with Gasteiger partial charge in [0, 0.05) is 13.0 Å². The highest BCUT2D eigenvalue weighted by atomic mass is 16.7. The zero-order valence-corrected chi connectivity index (χ0v) is 30.9. The number of methoxy groups -OCH3 is 2. The van der Waals surface area contributed by atoms with Crippen molar-refractivity contribution in [3.05, 3.63) is 11.6 Å². The Bertz CT molecular complexity index is 1380. The van der Waals surface area contributed by atoms with E-state index in [-0.39, 0.29) is 29.8 Å². The zero-order chi connectivity index (χ0) is 37.0. The third kappa shape index (κ3) is 4.91. The molecule has 6 aliphatic rings.